The van der Waals surface area contributed by atoms with Gasteiger partial charge in [-0.3, -0.25) is 0 Å². The molecule has 0 aliphatic rings. The molecule has 0 unspecified atom stereocenters. The highest BCUT2D eigenvalue weighted by Crippen LogP contribution is 2.14. The summed E-state index contributed by atoms with van der Waals surface area (Å²) in [4.78, 5) is 0.262. The molecule has 0 atom stereocenters. The van der Waals surface area contributed by atoms with Crippen molar-refractivity contribution in [2.75, 3.05) is 19.8 Å². The van der Waals surface area contributed by atoms with Crippen LogP contribution in [0.2, 0.25) is 0 Å². The quantitative estimate of drug-likeness (QED) is 0.654. The minimum absolute atomic E-state index is 0.262. The third-order valence-electron chi connectivity index (χ3n) is 2.69. The van der Waals surface area contributed by atoms with Gasteiger partial charge in [0, 0.05) is 38.1 Å². The molecular formula is C12H23N3O3S. The smallest absolute Gasteiger partial charge is 0.242 e. The van der Waals surface area contributed by atoms with E-state index in [9.17, 15) is 8.42 Å². The first-order valence-corrected chi connectivity index (χ1v) is 8.00. The summed E-state index contributed by atoms with van der Waals surface area (Å²) in [5.41, 5.74) is 6.45. The lowest BCUT2D eigenvalue weighted by Gasteiger charge is -2.05. The maximum absolute atomic E-state index is 12.1. The normalized spacial score (nSPS) is 11.9. The van der Waals surface area contributed by atoms with Crippen molar-refractivity contribution in [2.24, 2.45) is 5.73 Å². The molecule has 0 saturated heterocycles. The molecule has 0 aliphatic heterocycles. The van der Waals surface area contributed by atoms with Gasteiger partial charge in [-0.15, -0.1) is 0 Å². The van der Waals surface area contributed by atoms with Gasteiger partial charge in [-0.25, -0.2) is 13.1 Å². The van der Waals surface area contributed by atoms with Crippen LogP contribution in [0.15, 0.2) is 17.2 Å². The largest absolute Gasteiger partial charge is 0.380 e. The van der Waals surface area contributed by atoms with Crippen LogP contribution in [0.1, 0.15) is 26.0 Å². The minimum Gasteiger partial charge on any atom is -0.380 e. The third-order valence-corrected chi connectivity index (χ3v) is 4.12. The lowest BCUT2D eigenvalue weighted by Crippen LogP contribution is -2.27. The van der Waals surface area contributed by atoms with E-state index in [1.807, 2.05) is 18.4 Å². The number of hydrogen-bond donors (Lipinski definition) is 2. The summed E-state index contributed by atoms with van der Waals surface area (Å²) in [5.74, 6) is 0. The van der Waals surface area contributed by atoms with E-state index in [2.05, 4.69) is 4.72 Å². The molecule has 110 valence electrons. The maximum Gasteiger partial charge on any atom is 0.242 e. The topological polar surface area (TPSA) is 86.3 Å². The second-order valence-electron chi connectivity index (χ2n) is 4.16. The van der Waals surface area contributed by atoms with Gasteiger partial charge in [0.2, 0.25) is 10.0 Å². The van der Waals surface area contributed by atoms with E-state index in [-0.39, 0.29) is 11.4 Å². The van der Waals surface area contributed by atoms with Gasteiger partial charge in [0.15, 0.2) is 0 Å². The molecule has 7 heteroatoms. The molecule has 6 nitrogen and oxygen atoms in total. The van der Waals surface area contributed by atoms with Crippen molar-refractivity contribution in [3.05, 3.63) is 18.0 Å². The van der Waals surface area contributed by atoms with Crippen LogP contribution in [0, 0.1) is 0 Å². The molecule has 1 heterocycles. The van der Waals surface area contributed by atoms with Crippen molar-refractivity contribution in [1.82, 2.24) is 9.29 Å². The Balaban J connectivity index is 2.77. The predicted molar refractivity (Wildman–Crippen MR) is 74.3 cm³/mol. The van der Waals surface area contributed by atoms with Gasteiger partial charge in [-0.2, -0.15) is 0 Å². The zero-order valence-electron chi connectivity index (χ0n) is 11.6. The van der Waals surface area contributed by atoms with Crippen molar-refractivity contribution in [3.63, 3.8) is 0 Å². The lowest BCUT2D eigenvalue weighted by molar-refractivity contribution is 0.153. The van der Waals surface area contributed by atoms with E-state index in [1.165, 1.54) is 0 Å². The number of sulfonamides is 1. The number of hydrogen-bond acceptors (Lipinski definition) is 4. The summed E-state index contributed by atoms with van der Waals surface area (Å²) in [6.07, 6.45) is 2.56. The molecule has 0 saturated carbocycles. The fraction of sp³-hybridized carbons (Fsp3) is 0.667. The van der Waals surface area contributed by atoms with Crippen LogP contribution < -0.4 is 10.5 Å². The van der Waals surface area contributed by atoms with Crippen LogP contribution in [0.3, 0.4) is 0 Å². The Hall–Kier alpha value is -0.890. The summed E-state index contributed by atoms with van der Waals surface area (Å²) < 4.78 is 33.6. The second-order valence-corrected chi connectivity index (χ2v) is 5.93. The number of aryl methyl sites for hydroxylation is 1. The molecule has 0 radical (unpaired) electrons. The molecule has 0 aliphatic carbocycles. The Labute approximate surface area is 115 Å². The molecule has 1 aromatic rings. The summed E-state index contributed by atoms with van der Waals surface area (Å²) in [6, 6.07) is 1.62. The van der Waals surface area contributed by atoms with Crippen molar-refractivity contribution in [3.8, 4) is 0 Å². The van der Waals surface area contributed by atoms with Gasteiger partial charge in [0.25, 0.3) is 0 Å². The van der Waals surface area contributed by atoms with Crippen LogP contribution >= 0.6 is 0 Å². The molecule has 0 aromatic carbocycles. The highest BCUT2D eigenvalue weighted by Gasteiger charge is 2.17. The van der Waals surface area contributed by atoms with Crippen LogP contribution in [0.4, 0.5) is 0 Å². The Morgan fingerprint density at radius 3 is 2.74 bits per heavy atom. The second kappa shape index (κ2) is 7.64. The van der Waals surface area contributed by atoms with Gasteiger partial charge in [0.1, 0.15) is 0 Å². The van der Waals surface area contributed by atoms with Crippen molar-refractivity contribution in [2.45, 2.75) is 38.3 Å². The first-order chi connectivity index (χ1) is 9.05. The zero-order valence-corrected chi connectivity index (χ0v) is 12.4. The Morgan fingerprint density at radius 1 is 1.42 bits per heavy atom. The average Bonchev–Trinajstić information content (AvgIpc) is 2.79. The van der Waals surface area contributed by atoms with E-state index in [4.69, 9.17) is 10.5 Å². The van der Waals surface area contributed by atoms with Crippen LogP contribution in [-0.4, -0.2) is 32.7 Å². The molecular weight excluding hydrogens is 266 g/mol. The summed E-state index contributed by atoms with van der Waals surface area (Å²) in [7, 11) is -3.48. The van der Waals surface area contributed by atoms with Crippen molar-refractivity contribution < 1.29 is 13.2 Å². The maximum atomic E-state index is 12.1. The minimum atomic E-state index is -3.48. The Kier molecular flexibility index (Phi) is 6.50. The number of nitrogens with one attached hydrogen (secondary N) is 1. The zero-order chi connectivity index (χ0) is 14.3. The number of nitrogens with zero attached hydrogens (tertiary/aromatic N) is 1. The van der Waals surface area contributed by atoms with Gasteiger partial charge in [-0.05, 0) is 19.4 Å². The third kappa shape index (κ3) is 4.61. The van der Waals surface area contributed by atoms with Crippen LogP contribution in [0.5, 0.6) is 0 Å². The molecule has 0 bridgehead atoms. The Morgan fingerprint density at radius 2 is 2.16 bits per heavy atom. The molecule has 1 rings (SSSR count). The number of rotatable bonds is 9. The van der Waals surface area contributed by atoms with E-state index < -0.39 is 10.0 Å². The number of aromatic nitrogens is 1. The van der Waals surface area contributed by atoms with Crippen LogP contribution in [0.25, 0.3) is 0 Å². The standard InChI is InChI=1S/C12H23N3O3S/c1-3-6-15-10-12(8-11(15)9-13)19(16,17)14-5-7-18-4-2/h8,10,14H,3-7,9,13H2,1-2H3. The fourth-order valence-corrected chi connectivity index (χ4v) is 2.84. The summed E-state index contributed by atoms with van der Waals surface area (Å²) in [6.45, 7) is 6.21. The first-order valence-electron chi connectivity index (χ1n) is 6.51. The van der Waals surface area contributed by atoms with Gasteiger partial charge < -0.3 is 15.0 Å². The van der Waals surface area contributed by atoms with Crippen molar-refractivity contribution in [1.29, 1.82) is 0 Å². The lowest BCUT2D eigenvalue weighted by atomic mass is 10.4. The van der Waals surface area contributed by atoms with Gasteiger partial charge in [0.05, 0.1) is 11.5 Å². The van der Waals surface area contributed by atoms with E-state index in [0.29, 0.717) is 19.8 Å². The van der Waals surface area contributed by atoms with E-state index >= 15 is 0 Å². The fourth-order valence-electron chi connectivity index (χ4n) is 1.77. The molecule has 0 spiro atoms. The van der Waals surface area contributed by atoms with E-state index in [0.717, 1.165) is 18.7 Å². The molecule has 0 fully saturated rings. The highest BCUT2D eigenvalue weighted by atomic mass is 32.2. The Bertz CT molecular complexity index is 482. The monoisotopic (exact) mass is 289 g/mol. The van der Waals surface area contributed by atoms with Crippen molar-refractivity contribution >= 4 is 10.0 Å². The predicted octanol–water partition coefficient (Wildman–Crippen LogP) is 0.672. The van der Waals surface area contributed by atoms with E-state index in [1.54, 1.807) is 12.3 Å². The summed E-state index contributed by atoms with van der Waals surface area (Å²) in [5, 5.41) is 0. The van der Waals surface area contributed by atoms with Gasteiger partial charge in [-0.1, -0.05) is 6.92 Å². The number of ether oxygens (including phenoxy) is 1. The van der Waals surface area contributed by atoms with Crippen LogP contribution in [-0.2, 0) is 27.8 Å². The van der Waals surface area contributed by atoms with Gasteiger partial charge >= 0.3 is 0 Å². The number of nitrogens with two attached hydrogens (primary N) is 1. The first kappa shape index (κ1) is 16.2. The average molecular weight is 289 g/mol. The SMILES string of the molecule is CCCn1cc(S(=O)(=O)NCCOCC)cc1CN. The molecule has 19 heavy (non-hydrogen) atoms. The summed E-state index contributed by atoms with van der Waals surface area (Å²) >= 11 is 0. The molecule has 1 aromatic heterocycles. The molecule has 0 amide bonds. The molecule has 3 N–H and O–H groups in total. The highest BCUT2D eigenvalue weighted by molar-refractivity contribution is 7.89.